The number of hydrogen-bond donors (Lipinski definition) is 6. The maximum absolute atomic E-state index is 15.1. The third kappa shape index (κ3) is 12.6. The number of nitrogens with two attached hydrogens (primary N) is 1. The average molecular weight is 822 g/mol. The maximum atomic E-state index is 15.1. The molecule has 0 saturated carbocycles. The molecule has 18 heteroatoms. The van der Waals surface area contributed by atoms with Gasteiger partial charge in [0.25, 0.3) is 11.8 Å². The third-order valence-corrected chi connectivity index (χ3v) is 9.47. The van der Waals surface area contributed by atoms with E-state index in [1.807, 2.05) is 55.7 Å². The molecule has 7 N–H and O–H groups in total. The number of aliphatic hydroxyl groups is 1. The number of benzene rings is 2. The summed E-state index contributed by atoms with van der Waals surface area (Å²) < 4.78 is 31.2. The van der Waals surface area contributed by atoms with Crippen molar-refractivity contribution < 1.29 is 52.6 Å². The van der Waals surface area contributed by atoms with Crippen LogP contribution in [0.5, 0.6) is 0 Å². The number of imide groups is 1. The molecule has 0 aliphatic carbocycles. The number of carbonyl (C=O) groups is 7. The van der Waals surface area contributed by atoms with E-state index in [4.69, 9.17) is 10.8 Å². The summed E-state index contributed by atoms with van der Waals surface area (Å²) >= 11 is 0. The minimum absolute atomic E-state index is 0.0202. The zero-order valence-corrected chi connectivity index (χ0v) is 33.0. The van der Waals surface area contributed by atoms with Gasteiger partial charge in [0.2, 0.25) is 23.6 Å². The van der Waals surface area contributed by atoms with Crippen LogP contribution in [-0.4, -0.2) is 111 Å². The largest absolute Gasteiger partial charge is 0.481 e. The van der Waals surface area contributed by atoms with Crippen molar-refractivity contribution in [1.82, 2.24) is 30.3 Å². The van der Waals surface area contributed by atoms with E-state index in [2.05, 4.69) is 16.0 Å². The molecule has 0 bridgehead atoms. The molecule has 0 fully saturated rings. The van der Waals surface area contributed by atoms with Gasteiger partial charge in [0.05, 0.1) is 12.1 Å². The van der Waals surface area contributed by atoms with Crippen molar-refractivity contribution in [2.75, 3.05) is 32.8 Å². The highest BCUT2D eigenvalue weighted by Gasteiger charge is 2.37. The first kappa shape index (κ1) is 45.4. The second-order valence-corrected chi connectivity index (χ2v) is 15.0. The van der Waals surface area contributed by atoms with Crippen molar-refractivity contribution in [3.8, 4) is 11.1 Å². The van der Waals surface area contributed by atoms with Crippen molar-refractivity contribution in [3.05, 3.63) is 95.8 Å². The van der Waals surface area contributed by atoms with Crippen LogP contribution in [0.3, 0.4) is 0 Å². The molecule has 2 heterocycles. The minimum Gasteiger partial charge on any atom is -0.481 e. The first-order valence-electron chi connectivity index (χ1n) is 18.8. The third-order valence-electron chi connectivity index (χ3n) is 9.47. The Morgan fingerprint density at radius 2 is 1.54 bits per heavy atom. The Labute approximate surface area is 339 Å². The van der Waals surface area contributed by atoms with E-state index in [1.165, 1.54) is 4.90 Å². The van der Waals surface area contributed by atoms with Crippen LogP contribution in [0.25, 0.3) is 11.1 Å². The van der Waals surface area contributed by atoms with E-state index in [-0.39, 0.29) is 38.0 Å². The van der Waals surface area contributed by atoms with Gasteiger partial charge in [-0.1, -0.05) is 51.1 Å². The van der Waals surface area contributed by atoms with Crippen LogP contribution in [0.15, 0.2) is 72.9 Å². The van der Waals surface area contributed by atoms with Crippen LogP contribution < -0.4 is 21.7 Å². The predicted octanol–water partition coefficient (Wildman–Crippen LogP) is 1.61. The summed E-state index contributed by atoms with van der Waals surface area (Å²) in [5, 5.41) is 26.6. The zero-order valence-electron chi connectivity index (χ0n) is 33.0. The van der Waals surface area contributed by atoms with E-state index >= 15 is 4.39 Å². The van der Waals surface area contributed by atoms with Gasteiger partial charge in [0, 0.05) is 67.8 Å². The summed E-state index contributed by atoms with van der Waals surface area (Å²) in [4.78, 5) is 88.8. The summed E-state index contributed by atoms with van der Waals surface area (Å²) in [5.74, 6) is -6.87. The Morgan fingerprint density at radius 1 is 0.898 bits per heavy atom. The SMILES string of the molecule is CC(C)(C)C(c1cc(-c2cc(F)ccc2F)cn1Cc1ccccc1)N(CCC(N)C(=O)NCCNC(=O)C(CCC(=O)O)NC(=O)CN1C(=O)C=CC1=O)C(=O)CO. The molecule has 1 aromatic heterocycles. The highest BCUT2D eigenvalue weighted by atomic mass is 19.1. The number of nitrogens with zero attached hydrogens (tertiary/aromatic N) is 3. The summed E-state index contributed by atoms with van der Waals surface area (Å²) in [5.41, 5.74) is 7.39. The zero-order chi connectivity index (χ0) is 43.4. The standard InChI is InChI=1S/C41H49F2N7O9/c1-41(2,3)38(32-19-26(28-20-27(42)9-10-29(28)43)22-48(32)21-25-7-5-4-6-8-25)49(36(55)24-51)18-15-30(44)39(58)45-16-17-46-40(59)31(11-14-37(56)57)47-33(52)23-50-34(53)12-13-35(50)54/h4-10,12-13,19-20,22,30-31,38,51H,11,14-18,21,23-24,44H2,1-3H3,(H,45,58)(H,46,59)(H,47,52)(H,56,57). The Balaban J connectivity index is 1.44. The fourth-order valence-electron chi connectivity index (χ4n) is 6.64. The molecular formula is C41H49F2N7O9. The van der Waals surface area contributed by atoms with Crippen LogP contribution in [-0.2, 0) is 40.1 Å². The lowest BCUT2D eigenvalue weighted by molar-refractivity contribution is -0.141. The highest BCUT2D eigenvalue weighted by Crippen LogP contribution is 2.41. The fourth-order valence-corrected chi connectivity index (χ4v) is 6.64. The van der Waals surface area contributed by atoms with Gasteiger partial charge in [-0.3, -0.25) is 38.5 Å². The lowest BCUT2D eigenvalue weighted by Gasteiger charge is -2.41. The smallest absolute Gasteiger partial charge is 0.303 e. The molecule has 6 amide bonds. The van der Waals surface area contributed by atoms with Gasteiger partial charge in [-0.05, 0) is 48.1 Å². The number of nitrogens with one attached hydrogen (secondary N) is 3. The number of amides is 6. The van der Waals surface area contributed by atoms with Crippen molar-refractivity contribution in [2.24, 2.45) is 11.1 Å². The lowest BCUT2D eigenvalue weighted by Crippen LogP contribution is -2.51. The Hall–Kier alpha value is -6.27. The van der Waals surface area contributed by atoms with Gasteiger partial charge < -0.3 is 41.4 Å². The quantitative estimate of drug-likeness (QED) is 0.0712. The number of rotatable bonds is 20. The van der Waals surface area contributed by atoms with Gasteiger partial charge in [-0.25, -0.2) is 8.78 Å². The van der Waals surface area contributed by atoms with Gasteiger partial charge in [0.15, 0.2) is 0 Å². The van der Waals surface area contributed by atoms with Crippen LogP contribution in [0, 0.1) is 17.0 Å². The first-order chi connectivity index (χ1) is 27.9. The number of carbonyl (C=O) groups excluding carboxylic acids is 6. The number of halogens is 2. The summed E-state index contributed by atoms with van der Waals surface area (Å²) in [6.07, 6.45) is 2.80. The molecule has 0 spiro atoms. The van der Waals surface area contributed by atoms with Gasteiger partial charge in [-0.2, -0.15) is 0 Å². The molecular weight excluding hydrogens is 772 g/mol. The van der Waals surface area contributed by atoms with E-state index in [0.29, 0.717) is 22.7 Å². The van der Waals surface area contributed by atoms with Crippen LogP contribution >= 0.6 is 0 Å². The second kappa shape index (κ2) is 20.4. The Kier molecular flexibility index (Phi) is 15.7. The van der Waals surface area contributed by atoms with E-state index in [0.717, 1.165) is 35.9 Å². The van der Waals surface area contributed by atoms with Crippen LogP contribution in [0.1, 0.15) is 57.3 Å². The molecule has 3 atom stereocenters. The second-order valence-electron chi connectivity index (χ2n) is 15.0. The molecule has 1 aliphatic heterocycles. The molecule has 316 valence electrons. The first-order valence-corrected chi connectivity index (χ1v) is 18.8. The number of carboxylic acid groups (broad SMARTS) is 1. The Bertz CT molecular complexity index is 2050. The minimum atomic E-state index is -1.33. The topological polar surface area (TPSA) is 233 Å². The summed E-state index contributed by atoms with van der Waals surface area (Å²) in [6, 6.07) is 10.9. The molecule has 16 nitrogen and oxygen atoms in total. The van der Waals surface area contributed by atoms with Crippen molar-refractivity contribution in [2.45, 2.75) is 64.7 Å². The molecule has 0 radical (unpaired) electrons. The van der Waals surface area contributed by atoms with Gasteiger partial charge >= 0.3 is 5.97 Å². The Morgan fingerprint density at radius 3 is 2.15 bits per heavy atom. The average Bonchev–Trinajstić information content (AvgIpc) is 3.73. The van der Waals surface area contributed by atoms with Crippen molar-refractivity contribution >= 4 is 41.4 Å². The summed E-state index contributed by atoms with van der Waals surface area (Å²) in [7, 11) is 0. The monoisotopic (exact) mass is 821 g/mol. The number of aliphatic carboxylic acids is 1. The van der Waals surface area contributed by atoms with Crippen molar-refractivity contribution in [3.63, 3.8) is 0 Å². The van der Waals surface area contributed by atoms with Crippen molar-refractivity contribution in [1.29, 1.82) is 0 Å². The lowest BCUT2D eigenvalue weighted by atomic mass is 9.82. The van der Waals surface area contributed by atoms with Gasteiger partial charge in [-0.15, -0.1) is 0 Å². The normalized spacial score (nSPS) is 14.1. The van der Waals surface area contributed by atoms with Crippen LogP contribution in [0.4, 0.5) is 8.78 Å². The number of aliphatic hydroxyl groups excluding tert-OH is 1. The number of hydrogen-bond acceptors (Lipinski definition) is 9. The maximum Gasteiger partial charge on any atom is 0.303 e. The van der Waals surface area contributed by atoms with E-state index in [1.54, 1.807) is 12.3 Å². The molecule has 1 aliphatic rings. The molecule has 3 unspecified atom stereocenters. The van der Waals surface area contributed by atoms with E-state index < -0.39 is 96.2 Å². The molecule has 2 aromatic carbocycles. The predicted molar refractivity (Wildman–Crippen MR) is 210 cm³/mol. The molecule has 0 saturated heterocycles. The fraction of sp³-hybridized carbons (Fsp3) is 0.390. The summed E-state index contributed by atoms with van der Waals surface area (Å²) in [6.45, 7) is 4.03. The van der Waals surface area contributed by atoms with E-state index in [9.17, 15) is 43.1 Å². The van der Waals surface area contributed by atoms with Gasteiger partial charge in [0.1, 0.15) is 30.8 Å². The molecule has 3 aromatic rings. The highest BCUT2D eigenvalue weighted by molar-refractivity contribution is 6.14. The number of aromatic nitrogens is 1. The molecule has 59 heavy (non-hydrogen) atoms. The number of carboxylic acids is 1. The van der Waals surface area contributed by atoms with Crippen LogP contribution in [0.2, 0.25) is 0 Å². The molecule has 4 rings (SSSR count).